The minimum atomic E-state index is -4.85. The molecule has 0 saturated heterocycles. The molecule has 1 aromatic heterocycles. The molecule has 0 aliphatic rings. The first-order chi connectivity index (χ1) is 15.5. The van der Waals surface area contributed by atoms with Gasteiger partial charge in [-0.15, -0.1) is 0 Å². The molecule has 0 aliphatic heterocycles. The van der Waals surface area contributed by atoms with Crippen molar-refractivity contribution in [2.75, 3.05) is 10.6 Å². The SMILES string of the molecule is O=C(O)Nc1cc(Cl)c(C(F)(F)F)cc1NC(=O)CC(=O)c1cccc(-c2cncnc2)c1. The number of hydrogen-bond acceptors (Lipinski definition) is 5. The van der Waals surface area contributed by atoms with Gasteiger partial charge in [-0.25, -0.2) is 14.8 Å². The molecule has 2 aromatic carbocycles. The van der Waals surface area contributed by atoms with Crippen LogP contribution in [-0.4, -0.2) is 32.9 Å². The Bertz CT molecular complexity index is 1220. The van der Waals surface area contributed by atoms with Crippen LogP contribution in [0.5, 0.6) is 0 Å². The number of carboxylic acid groups (broad SMARTS) is 1. The van der Waals surface area contributed by atoms with Crippen molar-refractivity contribution in [3.63, 3.8) is 0 Å². The molecule has 0 bridgehead atoms. The predicted molar refractivity (Wildman–Crippen MR) is 113 cm³/mol. The van der Waals surface area contributed by atoms with Gasteiger partial charge in [-0.1, -0.05) is 29.8 Å². The predicted octanol–water partition coefficient (Wildman–Crippen LogP) is 5.12. The number of aromatic nitrogens is 2. The standard InChI is InChI=1S/C21H14ClF3N4O4/c22-15-6-17(29-20(32)33)16(5-14(15)21(23,24)25)28-19(31)7-18(30)12-3-1-2-11(4-12)13-8-26-10-27-9-13/h1-6,8-10,29H,7H2,(H,28,31)(H,32,33). The van der Waals surface area contributed by atoms with Crippen molar-refractivity contribution in [1.29, 1.82) is 0 Å². The fraction of sp³-hybridized carbons (Fsp3) is 0.0952. The molecule has 33 heavy (non-hydrogen) atoms. The molecular weight excluding hydrogens is 465 g/mol. The van der Waals surface area contributed by atoms with Crippen molar-refractivity contribution in [3.8, 4) is 11.1 Å². The number of benzene rings is 2. The molecule has 3 N–H and O–H groups in total. The van der Waals surface area contributed by atoms with Gasteiger partial charge in [0, 0.05) is 23.5 Å². The lowest BCUT2D eigenvalue weighted by Crippen LogP contribution is -2.19. The van der Waals surface area contributed by atoms with Crippen LogP contribution in [0.2, 0.25) is 5.02 Å². The quantitative estimate of drug-likeness (QED) is 0.334. The summed E-state index contributed by atoms with van der Waals surface area (Å²) in [6, 6.07) is 7.52. The zero-order valence-corrected chi connectivity index (χ0v) is 17.2. The van der Waals surface area contributed by atoms with Gasteiger partial charge in [-0.3, -0.25) is 14.9 Å². The Kier molecular flexibility index (Phi) is 6.92. The number of rotatable bonds is 6. The summed E-state index contributed by atoms with van der Waals surface area (Å²) < 4.78 is 39.5. The van der Waals surface area contributed by atoms with Crippen LogP contribution in [0.3, 0.4) is 0 Å². The molecule has 2 amide bonds. The number of alkyl halides is 3. The lowest BCUT2D eigenvalue weighted by molar-refractivity contribution is -0.137. The Labute approximate surface area is 189 Å². The smallest absolute Gasteiger partial charge is 0.417 e. The van der Waals surface area contributed by atoms with Crippen molar-refractivity contribution < 1.29 is 32.7 Å². The summed E-state index contributed by atoms with van der Waals surface area (Å²) in [5, 5.41) is 12.1. The van der Waals surface area contributed by atoms with Crippen LogP contribution in [0.25, 0.3) is 11.1 Å². The number of nitrogens with zero attached hydrogens (tertiary/aromatic N) is 2. The van der Waals surface area contributed by atoms with E-state index in [1.807, 2.05) is 5.32 Å². The first-order valence-electron chi connectivity index (χ1n) is 9.14. The van der Waals surface area contributed by atoms with Gasteiger partial charge in [0.1, 0.15) is 6.33 Å². The summed E-state index contributed by atoms with van der Waals surface area (Å²) in [6.45, 7) is 0. The highest BCUT2D eigenvalue weighted by molar-refractivity contribution is 6.32. The van der Waals surface area contributed by atoms with E-state index in [0.29, 0.717) is 17.2 Å². The normalized spacial score (nSPS) is 11.0. The molecule has 0 saturated carbocycles. The van der Waals surface area contributed by atoms with Gasteiger partial charge in [0.15, 0.2) is 5.78 Å². The minimum Gasteiger partial charge on any atom is -0.465 e. The number of Topliss-reactive ketones (excluding diaryl/α,β-unsaturated/α-hetero) is 1. The molecule has 0 fully saturated rings. The maximum absolute atomic E-state index is 13.2. The van der Waals surface area contributed by atoms with Crippen LogP contribution in [0.4, 0.5) is 29.3 Å². The fourth-order valence-electron chi connectivity index (χ4n) is 2.88. The average molecular weight is 479 g/mol. The van der Waals surface area contributed by atoms with Crippen LogP contribution >= 0.6 is 11.6 Å². The highest BCUT2D eigenvalue weighted by atomic mass is 35.5. The summed E-state index contributed by atoms with van der Waals surface area (Å²) in [5.41, 5.74) is -0.708. The second kappa shape index (κ2) is 9.65. The molecule has 3 rings (SSSR count). The lowest BCUT2D eigenvalue weighted by atomic mass is 10.0. The molecule has 0 spiro atoms. The van der Waals surface area contributed by atoms with E-state index in [4.69, 9.17) is 16.7 Å². The zero-order valence-electron chi connectivity index (χ0n) is 16.5. The van der Waals surface area contributed by atoms with Crippen molar-refractivity contribution in [3.05, 3.63) is 71.3 Å². The van der Waals surface area contributed by atoms with Gasteiger partial charge in [0.05, 0.1) is 28.4 Å². The summed E-state index contributed by atoms with van der Waals surface area (Å²) in [4.78, 5) is 43.7. The van der Waals surface area contributed by atoms with E-state index in [2.05, 4.69) is 15.3 Å². The summed E-state index contributed by atoms with van der Waals surface area (Å²) >= 11 is 5.61. The lowest BCUT2D eigenvalue weighted by Gasteiger charge is -2.16. The second-order valence-electron chi connectivity index (χ2n) is 6.66. The molecular formula is C21H14ClF3N4O4. The molecule has 0 unspecified atom stereocenters. The highest BCUT2D eigenvalue weighted by Crippen LogP contribution is 2.39. The third-order valence-corrected chi connectivity index (χ3v) is 4.64. The monoisotopic (exact) mass is 478 g/mol. The summed E-state index contributed by atoms with van der Waals surface area (Å²) in [6.07, 6.45) is -2.71. The van der Waals surface area contributed by atoms with Crippen molar-refractivity contribution in [2.45, 2.75) is 12.6 Å². The molecule has 1 heterocycles. The van der Waals surface area contributed by atoms with Gasteiger partial charge >= 0.3 is 12.3 Å². The van der Waals surface area contributed by atoms with Crippen molar-refractivity contribution in [1.82, 2.24) is 9.97 Å². The number of ketones is 1. The maximum Gasteiger partial charge on any atom is 0.417 e. The highest BCUT2D eigenvalue weighted by Gasteiger charge is 2.34. The fourth-order valence-corrected chi connectivity index (χ4v) is 3.15. The van der Waals surface area contributed by atoms with Gasteiger partial charge in [0.25, 0.3) is 0 Å². The number of nitrogens with one attached hydrogen (secondary N) is 2. The van der Waals surface area contributed by atoms with Crippen LogP contribution in [-0.2, 0) is 11.0 Å². The van der Waals surface area contributed by atoms with E-state index < -0.39 is 46.7 Å². The van der Waals surface area contributed by atoms with E-state index >= 15 is 0 Å². The topological polar surface area (TPSA) is 121 Å². The van der Waals surface area contributed by atoms with E-state index in [0.717, 1.165) is 6.07 Å². The van der Waals surface area contributed by atoms with Crippen LogP contribution in [0.1, 0.15) is 22.3 Å². The van der Waals surface area contributed by atoms with E-state index in [9.17, 15) is 27.6 Å². The Balaban J connectivity index is 1.82. The Morgan fingerprint density at radius 3 is 2.27 bits per heavy atom. The zero-order chi connectivity index (χ0) is 24.2. The van der Waals surface area contributed by atoms with E-state index in [1.165, 1.54) is 18.5 Å². The van der Waals surface area contributed by atoms with Gasteiger partial charge in [-0.05, 0) is 23.8 Å². The molecule has 3 aromatic rings. The number of carbonyl (C=O) groups is 3. The number of anilines is 2. The molecule has 8 nitrogen and oxygen atoms in total. The van der Waals surface area contributed by atoms with Crippen molar-refractivity contribution in [2.24, 2.45) is 0 Å². The molecule has 12 heteroatoms. The van der Waals surface area contributed by atoms with Crippen LogP contribution in [0.15, 0.2) is 55.1 Å². The maximum atomic E-state index is 13.2. The van der Waals surface area contributed by atoms with E-state index in [1.54, 1.807) is 24.5 Å². The largest absolute Gasteiger partial charge is 0.465 e. The Hall–Kier alpha value is -3.99. The average Bonchev–Trinajstić information content (AvgIpc) is 2.75. The third-order valence-electron chi connectivity index (χ3n) is 4.33. The van der Waals surface area contributed by atoms with Gasteiger partial charge in [0.2, 0.25) is 5.91 Å². The summed E-state index contributed by atoms with van der Waals surface area (Å²) in [5.74, 6) is -1.55. The Morgan fingerprint density at radius 1 is 0.970 bits per heavy atom. The first kappa shape index (κ1) is 23.7. The second-order valence-corrected chi connectivity index (χ2v) is 7.07. The first-order valence-corrected chi connectivity index (χ1v) is 9.51. The number of amides is 2. The third kappa shape index (κ3) is 6.04. The Morgan fingerprint density at radius 2 is 1.64 bits per heavy atom. The van der Waals surface area contributed by atoms with Crippen molar-refractivity contribution >= 4 is 40.8 Å². The molecule has 0 atom stereocenters. The number of carbonyl (C=O) groups excluding carboxylic acids is 2. The number of hydrogen-bond donors (Lipinski definition) is 3. The molecule has 0 aliphatic carbocycles. The van der Waals surface area contributed by atoms with Gasteiger partial charge in [-0.2, -0.15) is 13.2 Å². The summed E-state index contributed by atoms with van der Waals surface area (Å²) in [7, 11) is 0. The number of halogens is 4. The van der Waals surface area contributed by atoms with Crippen LogP contribution in [0, 0.1) is 0 Å². The van der Waals surface area contributed by atoms with Crippen LogP contribution < -0.4 is 10.6 Å². The van der Waals surface area contributed by atoms with Gasteiger partial charge < -0.3 is 10.4 Å². The molecule has 0 radical (unpaired) electrons. The van der Waals surface area contributed by atoms with E-state index in [-0.39, 0.29) is 11.3 Å². The molecule has 170 valence electrons. The minimum absolute atomic E-state index is 0.183.